The second-order valence-corrected chi connectivity index (χ2v) is 8.70. The fourth-order valence-electron chi connectivity index (χ4n) is 3.82. The Bertz CT molecular complexity index is 1080. The zero-order chi connectivity index (χ0) is 22.5. The van der Waals surface area contributed by atoms with Gasteiger partial charge < -0.3 is 14.2 Å². The first-order valence-electron chi connectivity index (χ1n) is 10.7. The highest BCUT2D eigenvalue weighted by Gasteiger charge is 2.19. The third-order valence-corrected chi connectivity index (χ3v) is 5.05. The van der Waals surface area contributed by atoms with E-state index in [1.54, 1.807) is 33.7 Å². The molecule has 2 aromatic carbocycles. The van der Waals surface area contributed by atoms with Crippen LogP contribution in [0.4, 0.5) is 0 Å². The third kappa shape index (κ3) is 5.32. The molecule has 0 aliphatic rings. The predicted octanol–water partition coefficient (Wildman–Crippen LogP) is 3.84. The highest BCUT2D eigenvalue weighted by atomic mass is 16.5. The van der Waals surface area contributed by atoms with Crippen LogP contribution in [0.1, 0.15) is 27.7 Å². The minimum absolute atomic E-state index is 0.0657. The molecule has 0 atom stereocenters. The zero-order valence-corrected chi connectivity index (χ0v) is 18.6. The van der Waals surface area contributed by atoms with Gasteiger partial charge in [0.05, 0.1) is 11.0 Å². The molecule has 1 aromatic heterocycles. The zero-order valence-electron chi connectivity index (χ0n) is 18.6. The van der Waals surface area contributed by atoms with Gasteiger partial charge in [-0.05, 0) is 36.1 Å². The number of carbonyl (C=O) groups excluding carboxylic acids is 2. The van der Waals surface area contributed by atoms with Crippen molar-refractivity contribution in [2.24, 2.45) is 11.8 Å². The van der Waals surface area contributed by atoms with E-state index in [9.17, 15) is 14.4 Å². The normalized spacial score (nSPS) is 11.4. The molecule has 0 spiro atoms. The monoisotopic (exact) mass is 422 g/mol. The minimum atomic E-state index is -0.513. The first-order valence-corrected chi connectivity index (χ1v) is 10.7. The van der Waals surface area contributed by atoms with Gasteiger partial charge in [-0.25, -0.2) is 0 Å². The maximum absolute atomic E-state index is 12.8. The molecule has 0 unspecified atom stereocenters. The van der Waals surface area contributed by atoms with Gasteiger partial charge in [0.15, 0.2) is 12.0 Å². The number of fused-ring (bicyclic) bond motifs is 2. The molecular formula is C25H30N2O4. The van der Waals surface area contributed by atoms with Crippen LogP contribution in [0.15, 0.2) is 53.3 Å². The Kier molecular flexibility index (Phi) is 7.10. The molecule has 0 fully saturated rings. The number of benzene rings is 2. The molecule has 31 heavy (non-hydrogen) atoms. The molecule has 3 aromatic rings. The molecule has 6 heteroatoms. The van der Waals surface area contributed by atoms with Crippen molar-refractivity contribution in [3.8, 4) is 0 Å². The molecule has 0 aliphatic carbocycles. The topological polar surface area (TPSA) is 68.6 Å². The number of para-hydroxylation sites is 2. The van der Waals surface area contributed by atoms with Crippen molar-refractivity contribution in [3.63, 3.8) is 0 Å². The summed E-state index contributed by atoms with van der Waals surface area (Å²) in [6, 6.07) is 14.4. The van der Waals surface area contributed by atoms with Crippen LogP contribution >= 0.6 is 0 Å². The Morgan fingerprint density at radius 3 is 1.84 bits per heavy atom. The molecule has 1 amide bonds. The molecule has 0 N–H and O–H groups in total. The summed E-state index contributed by atoms with van der Waals surface area (Å²) in [5, 5.41) is 1.09. The fraction of sp³-hybridized carbons (Fsp3) is 0.400. The molecule has 0 radical (unpaired) electrons. The largest absolute Gasteiger partial charge is 0.454 e. The highest BCUT2D eigenvalue weighted by molar-refractivity contribution is 5.94. The van der Waals surface area contributed by atoms with Gasteiger partial charge in [-0.1, -0.05) is 52.0 Å². The van der Waals surface area contributed by atoms with Crippen molar-refractivity contribution in [3.05, 3.63) is 58.8 Å². The van der Waals surface area contributed by atoms with Crippen LogP contribution in [0.5, 0.6) is 0 Å². The van der Waals surface area contributed by atoms with Crippen molar-refractivity contribution in [2.45, 2.75) is 34.2 Å². The summed E-state index contributed by atoms with van der Waals surface area (Å²) in [7, 11) is 0. The van der Waals surface area contributed by atoms with Gasteiger partial charge in [0.1, 0.15) is 6.54 Å². The molecule has 3 rings (SSSR count). The predicted molar refractivity (Wildman–Crippen MR) is 123 cm³/mol. The Morgan fingerprint density at radius 2 is 1.35 bits per heavy atom. The Hall–Kier alpha value is -3.15. The van der Waals surface area contributed by atoms with Crippen molar-refractivity contribution >= 4 is 33.7 Å². The molecule has 0 aliphatic heterocycles. The minimum Gasteiger partial charge on any atom is -0.454 e. The molecule has 164 valence electrons. The van der Waals surface area contributed by atoms with Crippen molar-refractivity contribution < 1.29 is 14.3 Å². The number of esters is 1. The number of aromatic nitrogens is 1. The van der Waals surface area contributed by atoms with Crippen molar-refractivity contribution in [1.82, 2.24) is 9.47 Å². The summed E-state index contributed by atoms with van der Waals surface area (Å²) in [5.41, 5.74) is 1.26. The molecule has 0 bridgehead atoms. The van der Waals surface area contributed by atoms with Gasteiger partial charge in [-0.3, -0.25) is 14.4 Å². The second kappa shape index (κ2) is 9.77. The van der Waals surface area contributed by atoms with Crippen LogP contribution in [0.25, 0.3) is 21.8 Å². The fourth-order valence-corrected chi connectivity index (χ4v) is 3.82. The highest BCUT2D eigenvalue weighted by Crippen LogP contribution is 2.19. The second-order valence-electron chi connectivity index (χ2n) is 8.70. The summed E-state index contributed by atoms with van der Waals surface area (Å²) >= 11 is 0. The van der Waals surface area contributed by atoms with Gasteiger partial charge in [0.25, 0.3) is 5.91 Å². The van der Waals surface area contributed by atoms with Crippen LogP contribution in [0, 0.1) is 11.8 Å². The smallest absolute Gasteiger partial charge is 0.326 e. The lowest BCUT2D eigenvalue weighted by Crippen LogP contribution is -2.39. The summed E-state index contributed by atoms with van der Waals surface area (Å²) in [6.45, 7) is 9.11. The van der Waals surface area contributed by atoms with Gasteiger partial charge in [0, 0.05) is 23.9 Å². The van der Waals surface area contributed by atoms with E-state index >= 15 is 0 Å². The number of rotatable bonds is 8. The number of amides is 1. The maximum atomic E-state index is 12.8. The van der Waals surface area contributed by atoms with Crippen molar-refractivity contribution in [1.29, 1.82) is 0 Å². The lowest BCUT2D eigenvalue weighted by molar-refractivity contribution is -0.152. The van der Waals surface area contributed by atoms with Crippen LogP contribution in [0.3, 0.4) is 0 Å². The Labute approximate surface area is 182 Å². The quantitative estimate of drug-likeness (QED) is 0.409. The van der Waals surface area contributed by atoms with Crippen LogP contribution in [-0.4, -0.2) is 41.0 Å². The molecule has 0 saturated carbocycles. The summed E-state index contributed by atoms with van der Waals surface area (Å²) in [4.78, 5) is 39.9. The maximum Gasteiger partial charge on any atom is 0.326 e. The number of nitrogens with zero attached hydrogens (tertiary/aromatic N) is 2. The van der Waals surface area contributed by atoms with Gasteiger partial charge in [-0.15, -0.1) is 0 Å². The van der Waals surface area contributed by atoms with Gasteiger partial charge in [-0.2, -0.15) is 0 Å². The Morgan fingerprint density at radius 1 is 0.871 bits per heavy atom. The third-order valence-electron chi connectivity index (χ3n) is 5.05. The molecule has 6 nitrogen and oxygen atoms in total. The van der Waals surface area contributed by atoms with E-state index in [4.69, 9.17) is 4.74 Å². The molecule has 1 heterocycles. The first kappa shape index (κ1) is 22.5. The molecule has 0 saturated heterocycles. The van der Waals surface area contributed by atoms with E-state index in [2.05, 4.69) is 27.7 Å². The van der Waals surface area contributed by atoms with E-state index in [1.165, 1.54) is 0 Å². The van der Waals surface area contributed by atoms with Crippen molar-refractivity contribution in [2.75, 3.05) is 19.7 Å². The van der Waals surface area contributed by atoms with E-state index < -0.39 is 5.97 Å². The van der Waals surface area contributed by atoms with E-state index in [0.29, 0.717) is 46.7 Å². The lowest BCUT2D eigenvalue weighted by Gasteiger charge is -2.26. The Balaban J connectivity index is 1.81. The number of hydrogen-bond donors (Lipinski definition) is 0. The number of hydrogen-bond acceptors (Lipinski definition) is 4. The van der Waals surface area contributed by atoms with Crippen LogP contribution in [0.2, 0.25) is 0 Å². The van der Waals surface area contributed by atoms with E-state index in [1.807, 2.05) is 24.3 Å². The summed E-state index contributed by atoms with van der Waals surface area (Å²) in [6.07, 6.45) is 0. The summed E-state index contributed by atoms with van der Waals surface area (Å²) < 4.78 is 7.13. The number of pyridine rings is 1. The number of ether oxygens (including phenoxy) is 1. The van der Waals surface area contributed by atoms with E-state index in [0.717, 1.165) is 0 Å². The summed E-state index contributed by atoms with van der Waals surface area (Å²) in [5.74, 6) is -0.0405. The average molecular weight is 423 g/mol. The van der Waals surface area contributed by atoms with Crippen LogP contribution < -0.4 is 5.43 Å². The van der Waals surface area contributed by atoms with Crippen LogP contribution in [-0.2, 0) is 20.9 Å². The first-order chi connectivity index (χ1) is 14.8. The SMILES string of the molecule is CC(C)CN(CC(C)C)C(=O)COC(=O)Cn1c2ccccc2c(=O)c2ccccc21. The van der Waals surface area contributed by atoms with Gasteiger partial charge in [0.2, 0.25) is 0 Å². The standard InChI is InChI=1S/C25H30N2O4/c1-17(2)13-26(14-18(3)4)23(28)16-31-24(29)15-27-21-11-7-5-9-19(21)25(30)20-10-6-8-12-22(20)27/h5-12,17-18H,13-16H2,1-4H3. The average Bonchev–Trinajstić information content (AvgIpc) is 2.74. The van der Waals surface area contributed by atoms with Gasteiger partial charge >= 0.3 is 5.97 Å². The number of carbonyl (C=O) groups is 2. The van der Waals surface area contributed by atoms with E-state index in [-0.39, 0.29) is 24.5 Å². The lowest BCUT2D eigenvalue weighted by atomic mass is 10.1. The molecular weight excluding hydrogens is 392 g/mol.